The normalized spacial score (nSPS) is 12.6. The molecule has 1 aromatic carbocycles. The van der Waals surface area contributed by atoms with Gasteiger partial charge < -0.3 is 9.73 Å². The van der Waals surface area contributed by atoms with E-state index in [1.807, 2.05) is 32.0 Å². The van der Waals surface area contributed by atoms with Crippen LogP contribution in [0.5, 0.6) is 0 Å². The summed E-state index contributed by atoms with van der Waals surface area (Å²) in [5.74, 6) is 0.676. The van der Waals surface area contributed by atoms with Crippen molar-refractivity contribution in [2.75, 3.05) is 5.32 Å². The van der Waals surface area contributed by atoms with Gasteiger partial charge in [0.05, 0.1) is 17.4 Å². The van der Waals surface area contributed by atoms with Crippen LogP contribution in [0.3, 0.4) is 0 Å². The molecular formula is C15H16N4O. The molecule has 0 aliphatic rings. The number of nitrogens with one attached hydrogen (secondary N) is 1. The highest BCUT2D eigenvalue weighted by atomic mass is 16.3. The Kier molecular flexibility index (Phi) is 3.10. The van der Waals surface area contributed by atoms with E-state index < -0.39 is 0 Å². The van der Waals surface area contributed by atoms with E-state index in [1.54, 1.807) is 12.4 Å². The second kappa shape index (κ2) is 4.92. The van der Waals surface area contributed by atoms with E-state index in [4.69, 9.17) is 4.42 Å². The molecule has 102 valence electrons. The first-order valence-corrected chi connectivity index (χ1v) is 6.55. The van der Waals surface area contributed by atoms with Crippen molar-refractivity contribution in [3.8, 4) is 0 Å². The summed E-state index contributed by atoms with van der Waals surface area (Å²) in [6.45, 7) is 5.87. The Morgan fingerprint density at radius 3 is 2.75 bits per heavy atom. The maximum atomic E-state index is 5.47. The van der Waals surface area contributed by atoms with Crippen molar-refractivity contribution in [3.05, 3.63) is 47.9 Å². The lowest BCUT2D eigenvalue weighted by atomic mass is 10.1. The highest BCUT2D eigenvalue weighted by molar-refractivity contribution is 5.77. The van der Waals surface area contributed by atoms with Crippen molar-refractivity contribution in [2.45, 2.75) is 26.8 Å². The molecule has 0 saturated heterocycles. The van der Waals surface area contributed by atoms with Crippen LogP contribution >= 0.6 is 0 Å². The van der Waals surface area contributed by atoms with Crippen LogP contribution in [0.2, 0.25) is 0 Å². The average Bonchev–Trinajstić information content (AvgIpc) is 2.78. The number of aryl methyl sites for hydroxylation is 2. The van der Waals surface area contributed by atoms with Gasteiger partial charge in [0.1, 0.15) is 5.52 Å². The minimum Gasteiger partial charge on any atom is -0.441 e. The molecule has 1 N–H and O–H groups in total. The van der Waals surface area contributed by atoms with Gasteiger partial charge in [0.25, 0.3) is 0 Å². The number of benzene rings is 1. The SMILES string of the molecule is Cc1nc2cc(NC(C)c3nccnc3C)ccc2o1. The number of hydrogen-bond donors (Lipinski definition) is 1. The van der Waals surface area contributed by atoms with Crippen LogP contribution in [0.25, 0.3) is 11.1 Å². The Bertz CT molecular complexity index is 750. The fourth-order valence-corrected chi connectivity index (χ4v) is 2.29. The zero-order valence-electron chi connectivity index (χ0n) is 11.7. The quantitative estimate of drug-likeness (QED) is 0.788. The van der Waals surface area contributed by atoms with Crippen LogP contribution in [-0.4, -0.2) is 15.0 Å². The first kappa shape index (κ1) is 12.6. The first-order chi connectivity index (χ1) is 9.63. The Morgan fingerprint density at radius 1 is 1.15 bits per heavy atom. The predicted molar refractivity (Wildman–Crippen MR) is 77.6 cm³/mol. The summed E-state index contributed by atoms with van der Waals surface area (Å²) in [7, 11) is 0. The monoisotopic (exact) mass is 268 g/mol. The molecule has 2 heterocycles. The third kappa shape index (κ3) is 2.34. The topological polar surface area (TPSA) is 63.8 Å². The molecule has 2 aromatic heterocycles. The van der Waals surface area contributed by atoms with Crippen molar-refractivity contribution in [3.63, 3.8) is 0 Å². The maximum absolute atomic E-state index is 5.47. The molecule has 1 unspecified atom stereocenters. The van der Waals surface area contributed by atoms with Crippen molar-refractivity contribution in [1.29, 1.82) is 0 Å². The molecule has 0 bridgehead atoms. The maximum Gasteiger partial charge on any atom is 0.192 e. The van der Waals surface area contributed by atoms with E-state index >= 15 is 0 Å². The van der Waals surface area contributed by atoms with Crippen LogP contribution in [0.15, 0.2) is 35.0 Å². The number of oxazole rings is 1. The van der Waals surface area contributed by atoms with E-state index in [2.05, 4.69) is 27.2 Å². The molecule has 5 nitrogen and oxygen atoms in total. The van der Waals surface area contributed by atoms with Crippen LogP contribution in [0.4, 0.5) is 5.69 Å². The van der Waals surface area contributed by atoms with Gasteiger partial charge in [-0.2, -0.15) is 0 Å². The molecule has 5 heteroatoms. The molecule has 20 heavy (non-hydrogen) atoms. The van der Waals surface area contributed by atoms with Crippen LogP contribution in [0, 0.1) is 13.8 Å². The summed E-state index contributed by atoms with van der Waals surface area (Å²) < 4.78 is 5.47. The van der Waals surface area contributed by atoms with Crippen LogP contribution in [-0.2, 0) is 0 Å². The second-order valence-electron chi connectivity index (χ2n) is 4.81. The van der Waals surface area contributed by atoms with Crippen LogP contribution < -0.4 is 5.32 Å². The number of anilines is 1. The number of fused-ring (bicyclic) bond motifs is 1. The zero-order valence-corrected chi connectivity index (χ0v) is 11.7. The number of hydrogen-bond acceptors (Lipinski definition) is 5. The van der Waals surface area contributed by atoms with Gasteiger partial charge in [-0.15, -0.1) is 0 Å². The lowest BCUT2D eigenvalue weighted by Gasteiger charge is -2.15. The zero-order chi connectivity index (χ0) is 14.1. The Morgan fingerprint density at radius 2 is 1.95 bits per heavy atom. The van der Waals surface area contributed by atoms with Gasteiger partial charge in [0, 0.05) is 25.0 Å². The predicted octanol–water partition coefficient (Wildman–Crippen LogP) is 3.41. The lowest BCUT2D eigenvalue weighted by molar-refractivity contribution is 0.561. The van der Waals surface area contributed by atoms with E-state index in [0.717, 1.165) is 28.2 Å². The third-order valence-electron chi connectivity index (χ3n) is 3.21. The Labute approximate surface area is 117 Å². The summed E-state index contributed by atoms with van der Waals surface area (Å²) in [5, 5.41) is 3.42. The molecule has 0 saturated carbocycles. The van der Waals surface area contributed by atoms with Gasteiger partial charge in [-0.05, 0) is 32.0 Å². The lowest BCUT2D eigenvalue weighted by Crippen LogP contribution is -2.10. The highest BCUT2D eigenvalue weighted by Crippen LogP contribution is 2.23. The number of aromatic nitrogens is 3. The minimum atomic E-state index is 0.0779. The fourth-order valence-electron chi connectivity index (χ4n) is 2.29. The molecule has 0 aliphatic heterocycles. The summed E-state index contributed by atoms with van der Waals surface area (Å²) in [5.41, 5.74) is 4.53. The first-order valence-electron chi connectivity index (χ1n) is 6.55. The number of nitrogens with zero attached hydrogens (tertiary/aromatic N) is 3. The van der Waals surface area contributed by atoms with Crippen molar-refractivity contribution in [1.82, 2.24) is 15.0 Å². The molecule has 0 aliphatic carbocycles. The summed E-state index contributed by atoms with van der Waals surface area (Å²) in [6.07, 6.45) is 3.42. The van der Waals surface area contributed by atoms with Gasteiger partial charge >= 0.3 is 0 Å². The summed E-state index contributed by atoms with van der Waals surface area (Å²) in [6, 6.07) is 5.96. The number of rotatable bonds is 3. The van der Waals surface area contributed by atoms with Crippen molar-refractivity contribution >= 4 is 16.8 Å². The van der Waals surface area contributed by atoms with Crippen molar-refractivity contribution in [2.24, 2.45) is 0 Å². The molecule has 3 rings (SSSR count). The minimum absolute atomic E-state index is 0.0779. The van der Waals surface area contributed by atoms with E-state index in [1.165, 1.54) is 0 Å². The Hall–Kier alpha value is -2.43. The molecular weight excluding hydrogens is 252 g/mol. The van der Waals surface area contributed by atoms with E-state index in [-0.39, 0.29) is 6.04 Å². The highest BCUT2D eigenvalue weighted by Gasteiger charge is 2.11. The second-order valence-corrected chi connectivity index (χ2v) is 4.81. The fraction of sp³-hybridized carbons (Fsp3) is 0.267. The van der Waals surface area contributed by atoms with Gasteiger partial charge in [-0.1, -0.05) is 0 Å². The molecule has 0 radical (unpaired) electrons. The van der Waals surface area contributed by atoms with Crippen LogP contribution in [0.1, 0.15) is 30.2 Å². The molecule has 0 spiro atoms. The van der Waals surface area contributed by atoms with Gasteiger partial charge in [-0.25, -0.2) is 4.98 Å². The molecule has 3 aromatic rings. The largest absolute Gasteiger partial charge is 0.441 e. The van der Waals surface area contributed by atoms with Gasteiger partial charge in [0.15, 0.2) is 11.5 Å². The van der Waals surface area contributed by atoms with Crippen molar-refractivity contribution < 1.29 is 4.42 Å². The smallest absolute Gasteiger partial charge is 0.192 e. The standard InChI is InChI=1S/C15H16N4O/c1-9-15(17-7-6-16-9)10(2)18-12-4-5-14-13(8-12)19-11(3)20-14/h4-8,10,18H,1-3H3. The molecule has 0 fully saturated rings. The molecule has 1 atom stereocenters. The summed E-state index contributed by atoms with van der Waals surface area (Å²) >= 11 is 0. The van der Waals surface area contributed by atoms with E-state index in [9.17, 15) is 0 Å². The third-order valence-corrected chi connectivity index (χ3v) is 3.21. The summed E-state index contributed by atoms with van der Waals surface area (Å²) in [4.78, 5) is 13.0. The average molecular weight is 268 g/mol. The Balaban J connectivity index is 1.87. The van der Waals surface area contributed by atoms with Gasteiger partial charge in [-0.3, -0.25) is 9.97 Å². The molecule has 0 amide bonds. The van der Waals surface area contributed by atoms with Gasteiger partial charge in [0.2, 0.25) is 0 Å². The van der Waals surface area contributed by atoms with E-state index in [0.29, 0.717) is 5.89 Å².